The van der Waals surface area contributed by atoms with Gasteiger partial charge in [-0.15, -0.1) is 0 Å². The van der Waals surface area contributed by atoms with Gasteiger partial charge < -0.3 is 9.80 Å². The smallest absolute Gasteiger partial charge is 0.320 e. The Morgan fingerprint density at radius 2 is 1.74 bits per heavy atom. The zero-order chi connectivity index (χ0) is 23.2. The van der Waals surface area contributed by atoms with Gasteiger partial charge in [0, 0.05) is 55.4 Å². The van der Waals surface area contributed by atoms with Crippen molar-refractivity contribution < 1.29 is 13.6 Å². The van der Waals surface area contributed by atoms with Crippen LogP contribution in [0.5, 0.6) is 0 Å². The molecule has 2 aliphatic heterocycles. The monoisotopic (exact) mass is 471 g/mol. The average molecular weight is 472 g/mol. The number of aromatic nitrogens is 5. The minimum atomic E-state index is -2.49. The molecule has 2 spiro atoms. The molecule has 2 aromatic rings. The molecule has 3 saturated carbocycles. The van der Waals surface area contributed by atoms with Crippen molar-refractivity contribution in [2.75, 3.05) is 26.2 Å². The Kier molecular flexibility index (Phi) is 4.29. The predicted molar refractivity (Wildman–Crippen MR) is 118 cm³/mol. The molecule has 34 heavy (non-hydrogen) atoms. The number of carbonyl (C=O) groups excluding carboxylic acids is 1. The fourth-order valence-corrected chi connectivity index (χ4v) is 7.11. The summed E-state index contributed by atoms with van der Waals surface area (Å²) in [4.78, 5) is 21.6. The van der Waals surface area contributed by atoms with Crippen LogP contribution in [-0.4, -0.2) is 67.0 Å². The molecule has 2 amide bonds. The van der Waals surface area contributed by atoms with Gasteiger partial charge in [-0.05, 0) is 57.4 Å². The van der Waals surface area contributed by atoms with Gasteiger partial charge in [-0.25, -0.2) is 18.6 Å². The molecular formula is C24H31F2N7O. The maximum atomic E-state index is 13.2. The second-order valence-electron chi connectivity index (χ2n) is 11.9. The maximum Gasteiger partial charge on any atom is 0.320 e. The first-order valence-corrected chi connectivity index (χ1v) is 12.6. The number of nitrogens with one attached hydrogen (secondary N) is 1. The highest BCUT2D eigenvalue weighted by Crippen LogP contribution is 2.57. The van der Waals surface area contributed by atoms with Crippen LogP contribution < -0.4 is 0 Å². The second kappa shape index (κ2) is 7.01. The van der Waals surface area contributed by atoms with Crippen LogP contribution in [0.15, 0.2) is 6.07 Å². The molecule has 3 aliphatic carbocycles. The molecule has 7 rings (SSSR count). The van der Waals surface area contributed by atoms with E-state index in [1.165, 1.54) is 23.6 Å². The summed E-state index contributed by atoms with van der Waals surface area (Å²) in [6.45, 7) is 5.61. The van der Waals surface area contributed by atoms with E-state index in [0.29, 0.717) is 30.0 Å². The summed E-state index contributed by atoms with van der Waals surface area (Å²) in [5.74, 6) is 3.42. The third-order valence-corrected chi connectivity index (χ3v) is 8.89. The molecule has 0 unspecified atom stereocenters. The number of hydrogen-bond donors (Lipinski definition) is 1. The van der Waals surface area contributed by atoms with Crippen molar-refractivity contribution in [1.82, 2.24) is 34.8 Å². The molecule has 0 bridgehead atoms. The number of urea groups is 1. The van der Waals surface area contributed by atoms with E-state index in [0.717, 1.165) is 63.5 Å². The quantitative estimate of drug-likeness (QED) is 0.718. The standard InChI is InChI=1S/C24H31F2N7O/c1-14-4-18(19(25)26)33(30-14)9-15-5-23(6-15)10-31(11-23)22(34)32-12-24(13-32)7-17(8-24)21-27-20(28-29-21)16-2-3-16/h4,15-17,19H,2-3,5-13H2,1H3,(H,27,28,29). The minimum absolute atomic E-state index is 0.0143. The van der Waals surface area contributed by atoms with Crippen LogP contribution in [0.25, 0.3) is 0 Å². The molecule has 0 aromatic carbocycles. The van der Waals surface area contributed by atoms with Crippen molar-refractivity contribution in [1.29, 1.82) is 0 Å². The molecule has 8 nitrogen and oxygen atoms in total. The van der Waals surface area contributed by atoms with Crippen molar-refractivity contribution in [3.05, 3.63) is 29.1 Å². The highest BCUT2D eigenvalue weighted by molar-refractivity contribution is 5.77. The third kappa shape index (κ3) is 3.27. The Bertz CT molecular complexity index is 1110. The summed E-state index contributed by atoms with van der Waals surface area (Å²) in [6.07, 6.45) is 4.10. The lowest BCUT2D eigenvalue weighted by Gasteiger charge is -2.63. The number of H-pyrrole nitrogens is 1. The third-order valence-electron chi connectivity index (χ3n) is 8.89. The normalized spacial score (nSPS) is 25.4. The second-order valence-corrected chi connectivity index (χ2v) is 11.9. The first-order chi connectivity index (χ1) is 16.3. The summed E-state index contributed by atoms with van der Waals surface area (Å²) in [7, 11) is 0. The number of halogens is 2. The Morgan fingerprint density at radius 1 is 1.09 bits per heavy atom. The minimum Gasteiger partial charge on any atom is -0.323 e. The lowest BCUT2D eigenvalue weighted by atomic mass is 9.57. The molecule has 2 saturated heterocycles. The number of alkyl halides is 2. The summed E-state index contributed by atoms with van der Waals surface area (Å²) in [5.41, 5.74) is 1.13. The molecule has 4 heterocycles. The highest BCUT2D eigenvalue weighted by atomic mass is 19.3. The van der Waals surface area contributed by atoms with Crippen LogP contribution in [0.3, 0.4) is 0 Å². The van der Waals surface area contributed by atoms with Crippen molar-refractivity contribution in [2.45, 2.75) is 70.3 Å². The lowest BCUT2D eigenvalue weighted by molar-refractivity contribution is -0.104. The van der Waals surface area contributed by atoms with Gasteiger partial charge in [0.1, 0.15) is 11.5 Å². The molecule has 2 aromatic heterocycles. The van der Waals surface area contributed by atoms with Gasteiger partial charge in [0.2, 0.25) is 0 Å². The zero-order valence-corrected chi connectivity index (χ0v) is 19.5. The molecule has 5 fully saturated rings. The number of rotatable bonds is 5. The van der Waals surface area contributed by atoms with Crippen molar-refractivity contribution >= 4 is 6.03 Å². The van der Waals surface area contributed by atoms with Crippen molar-refractivity contribution in [2.24, 2.45) is 16.7 Å². The number of hydrogen-bond acceptors (Lipinski definition) is 4. The highest BCUT2D eigenvalue weighted by Gasteiger charge is 2.58. The van der Waals surface area contributed by atoms with E-state index in [1.54, 1.807) is 6.92 Å². The molecule has 10 heteroatoms. The largest absolute Gasteiger partial charge is 0.323 e. The zero-order valence-electron chi connectivity index (χ0n) is 19.5. The van der Waals surface area contributed by atoms with Crippen molar-refractivity contribution in [3.63, 3.8) is 0 Å². The number of aromatic amines is 1. The fraction of sp³-hybridized carbons (Fsp3) is 0.750. The Hall–Kier alpha value is -2.52. The van der Waals surface area contributed by atoms with Gasteiger partial charge in [0.25, 0.3) is 6.43 Å². The number of carbonyl (C=O) groups is 1. The number of nitrogens with zero attached hydrogens (tertiary/aromatic N) is 6. The Morgan fingerprint density at radius 3 is 2.35 bits per heavy atom. The van der Waals surface area contributed by atoms with Gasteiger partial charge in [0.15, 0.2) is 5.82 Å². The van der Waals surface area contributed by atoms with E-state index in [2.05, 4.69) is 15.3 Å². The summed E-state index contributed by atoms with van der Waals surface area (Å²) < 4.78 is 27.9. The lowest BCUT2D eigenvalue weighted by Crippen LogP contribution is -2.71. The molecule has 0 atom stereocenters. The van der Waals surface area contributed by atoms with Crippen molar-refractivity contribution in [3.8, 4) is 0 Å². The van der Waals surface area contributed by atoms with E-state index in [4.69, 9.17) is 4.98 Å². The molecule has 5 aliphatic rings. The van der Waals surface area contributed by atoms with Crippen LogP contribution in [0.1, 0.15) is 79.8 Å². The van der Waals surface area contributed by atoms with Gasteiger partial charge in [-0.3, -0.25) is 9.78 Å². The molecule has 1 N–H and O–H groups in total. The van der Waals surface area contributed by atoms with E-state index < -0.39 is 6.43 Å². The number of likely N-dealkylation sites (tertiary alicyclic amines) is 2. The van der Waals surface area contributed by atoms with Gasteiger partial charge in [0.05, 0.1) is 5.69 Å². The van der Waals surface area contributed by atoms with Crippen LogP contribution in [0, 0.1) is 23.7 Å². The maximum absolute atomic E-state index is 13.2. The summed E-state index contributed by atoms with van der Waals surface area (Å²) >= 11 is 0. The first kappa shape index (κ1) is 20.8. The Labute approximate surface area is 197 Å². The van der Waals surface area contributed by atoms with Gasteiger partial charge in [-0.2, -0.15) is 10.2 Å². The Balaban J connectivity index is 0.858. The van der Waals surface area contributed by atoms with Crippen LogP contribution in [-0.2, 0) is 6.54 Å². The predicted octanol–water partition coefficient (Wildman–Crippen LogP) is 3.84. The van der Waals surface area contributed by atoms with Gasteiger partial charge in [-0.1, -0.05) is 0 Å². The van der Waals surface area contributed by atoms with Crippen LogP contribution in [0.4, 0.5) is 13.6 Å². The average Bonchev–Trinajstić information content (AvgIpc) is 3.29. The van der Waals surface area contributed by atoms with E-state index in [1.807, 2.05) is 9.80 Å². The summed E-state index contributed by atoms with van der Waals surface area (Å²) in [6, 6.07) is 1.64. The van der Waals surface area contributed by atoms with E-state index in [9.17, 15) is 13.6 Å². The van der Waals surface area contributed by atoms with Crippen LogP contribution >= 0.6 is 0 Å². The first-order valence-electron chi connectivity index (χ1n) is 12.6. The molecular weight excluding hydrogens is 440 g/mol. The summed E-state index contributed by atoms with van der Waals surface area (Å²) in [5, 5.41) is 11.8. The number of aryl methyl sites for hydroxylation is 1. The van der Waals surface area contributed by atoms with E-state index >= 15 is 0 Å². The SMILES string of the molecule is Cc1cc(C(F)F)n(CC2CC3(C2)CN(C(=O)N2CC4(CC(c5nc(C6CC6)n[nH]5)C4)C2)C3)n1. The molecule has 182 valence electrons. The van der Waals surface area contributed by atoms with E-state index in [-0.39, 0.29) is 22.6 Å². The number of amides is 2. The topological polar surface area (TPSA) is 82.9 Å². The molecule has 0 radical (unpaired) electrons. The van der Waals surface area contributed by atoms with Gasteiger partial charge >= 0.3 is 6.03 Å². The fourth-order valence-electron chi connectivity index (χ4n) is 7.11. The van der Waals surface area contributed by atoms with Crippen LogP contribution in [0.2, 0.25) is 0 Å².